The number of carbonyl (C=O) groups excluding carboxylic acids is 2. The maximum absolute atomic E-state index is 11.1. The van der Waals surface area contributed by atoms with Crippen molar-refractivity contribution < 1.29 is 9.59 Å². The minimum Gasteiger partial charge on any atom is -0.349 e. The van der Waals surface area contributed by atoms with E-state index in [0.717, 1.165) is 16.8 Å². The van der Waals surface area contributed by atoms with Crippen molar-refractivity contribution in [3.63, 3.8) is 0 Å². The van der Waals surface area contributed by atoms with Crippen LogP contribution in [-0.4, -0.2) is 21.8 Å². The predicted octanol–water partition coefficient (Wildman–Crippen LogP) is 1.04. The Kier molecular flexibility index (Phi) is 4.61. The number of thiazole rings is 1. The third-order valence-electron chi connectivity index (χ3n) is 1.33. The van der Waals surface area contributed by atoms with Crippen LogP contribution in [0, 0.1) is 0 Å². The van der Waals surface area contributed by atoms with Crippen LogP contribution in [0.2, 0.25) is 0 Å². The van der Waals surface area contributed by atoms with Crippen molar-refractivity contribution >= 4 is 34.1 Å². The third-order valence-corrected chi connectivity index (χ3v) is 2.92. The van der Waals surface area contributed by atoms with E-state index in [-0.39, 0.29) is 16.8 Å². The van der Waals surface area contributed by atoms with E-state index in [1.54, 1.807) is 6.20 Å². The van der Waals surface area contributed by atoms with Crippen molar-refractivity contribution in [2.24, 2.45) is 0 Å². The van der Waals surface area contributed by atoms with Gasteiger partial charge in [-0.05, 0) is 0 Å². The Morgan fingerprint density at radius 3 is 3.00 bits per heavy atom. The number of hydrogen-bond donors (Lipinski definition) is 1. The second kappa shape index (κ2) is 5.77. The molecule has 14 heavy (non-hydrogen) atoms. The Balaban J connectivity index is 2.18. The molecular weight excluding hydrogens is 220 g/mol. The largest absolute Gasteiger partial charge is 0.349 e. The van der Waals surface area contributed by atoms with Gasteiger partial charge in [-0.25, -0.2) is 4.98 Å². The first-order valence-corrected chi connectivity index (χ1v) is 5.83. The number of carbonyl (C=O) groups is 2. The zero-order valence-electron chi connectivity index (χ0n) is 7.65. The molecule has 76 valence electrons. The van der Waals surface area contributed by atoms with Gasteiger partial charge in [0.15, 0.2) is 5.12 Å². The van der Waals surface area contributed by atoms with E-state index in [0.29, 0.717) is 6.54 Å². The average Bonchev–Trinajstić information content (AvgIpc) is 2.63. The lowest BCUT2D eigenvalue weighted by atomic mass is 10.6. The van der Waals surface area contributed by atoms with Gasteiger partial charge in [0.1, 0.15) is 5.01 Å². The molecule has 0 atom stereocenters. The second-order valence-corrected chi connectivity index (χ2v) is 4.61. The van der Waals surface area contributed by atoms with Gasteiger partial charge < -0.3 is 5.32 Å². The van der Waals surface area contributed by atoms with Crippen LogP contribution >= 0.6 is 23.1 Å². The van der Waals surface area contributed by atoms with Crippen LogP contribution in [-0.2, 0) is 16.1 Å². The van der Waals surface area contributed by atoms with Crippen molar-refractivity contribution in [1.82, 2.24) is 10.3 Å². The predicted molar refractivity (Wildman–Crippen MR) is 57.1 cm³/mol. The molecule has 1 heterocycles. The highest BCUT2D eigenvalue weighted by Crippen LogP contribution is 2.03. The van der Waals surface area contributed by atoms with Gasteiger partial charge >= 0.3 is 0 Å². The zero-order valence-corrected chi connectivity index (χ0v) is 9.28. The van der Waals surface area contributed by atoms with Crippen LogP contribution in [0.1, 0.15) is 11.9 Å². The highest BCUT2D eigenvalue weighted by molar-refractivity contribution is 8.14. The molecule has 1 N–H and O–H groups in total. The second-order valence-electron chi connectivity index (χ2n) is 2.48. The Morgan fingerprint density at radius 2 is 2.43 bits per heavy atom. The van der Waals surface area contributed by atoms with Crippen molar-refractivity contribution in [1.29, 1.82) is 0 Å². The fraction of sp³-hybridized carbons (Fsp3) is 0.375. The number of thioether (sulfide) groups is 1. The molecule has 1 aromatic rings. The maximum atomic E-state index is 11.1. The van der Waals surface area contributed by atoms with Crippen LogP contribution in [0.15, 0.2) is 11.6 Å². The highest BCUT2D eigenvalue weighted by Gasteiger charge is 2.04. The minimum atomic E-state index is -0.139. The van der Waals surface area contributed by atoms with Crippen molar-refractivity contribution in [2.45, 2.75) is 13.5 Å². The first-order valence-electron chi connectivity index (χ1n) is 3.97. The maximum Gasteiger partial charge on any atom is 0.230 e. The van der Waals surface area contributed by atoms with Gasteiger partial charge in [-0.1, -0.05) is 11.8 Å². The third kappa shape index (κ3) is 4.38. The van der Waals surface area contributed by atoms with E-state index in [2.05, 4.69) is 10.3 Å². The van der Waals surface area contributed by atoms with Gasteiger partial charge in [0.25, 0.3) is 0 Å². The Labute approximate surface area is 90.1 Å². The average molecular weight is 230 g/mol. The lowest BCUT2D eigenvalue weighted by molar-refractivity contribution is -0.119. The Morgan fingerprint density at radius 1 is 1.64 bits per heavy atom. The van der Waals surface area contributed by atoms with Crippen LogP contribution in [0.25, 0.3) is 0 Å². The summed E-state index contributed by atoms with van der Waals surface area (Å²) in [6.07, 6.45) is 1.69. The molecule has 0 aliphatic carbocycles. The summed E-state index contributed by atoms with van der Waals surface area (Å²) in [6, 6.07) is 0. The topological polar surface area (TPSA) is 59.1 Å². The highest BCUT2D eigenvalue weighted by atomic mass is 32.2. The van der Waals surface area contributed by atoms with E-state index >= 15 is 0 Å². The smallest absolute Gasteiger partial charge is 0.230 e. The van der Waals surface area contributed by atoms with Crippen molar-refractivity contribution in [3.05, 3.63) is 16.6 Å². The molecule has 1 amide bonds. The van der Waals surface area contributed by atoms with Crippen LogP contribution < -0.4 is 5.32 Å². The van der Waals surface area contributed by atoms with Gasteiger partial charge in [0, 0.05) is 18.5 Å². The summed E-state index contributed by atoms with van der Waals surface area (Å²) in [4.78, 5) is 25.7. The van der Waals surface area contributed by atoms with E-state index in [1.165, 1.54) is 18.3 Å². The van der Waals surface area contributed by atoms with E-state index < -0.39 is 0 Å². The minimum absolute atomic E-state index is 0.0469. The molecule has 0 fully saturated rings. The van der Waals surface area contributed by atoms with Gasteiger partial charge in [-0.2, -0.15) is 0 Å². The van der Waals surface area contributed by atoms with Crippen LogP contribution in [0.3, 0.4) is 0 Å². The molecule has 1 aromatic heterocycles. The van der Waals surface area contributed by atoms with Gasteiger partial charge in [0.2, 0.25) is 5.91 Å². The fourth-order valence-electron chi connectivity index (χ4n) is 0.733. The molecular formula is C8H10N2O2S2. The first kappa shape index (κ1) is 11.2. The van der Waals surface area contributed by atoms with E-state index in [4.69, 9.17) is 0 Å². The van der Waals surface area contributed by atoms with Gasteiger partial charge in [-0.15, -0.1) is 11.3 Å². The lowest BCUT2D eigenvalue weighted by Crippen LogP contribution is -2.24. The van der Waals surface area contributed by atoms with E-state index in [1.807, 2.05) is 5.38 Å². The number of hydrogen-bond acceptors (Lipinski definition) is 5. The monoisotopic (exact) mass is 230 g/mol. The quantitative estimate of drug-likeness (QED) is 0.839. The molecule has 4 nitrogen and oxygen atoms in total. The molecule has 0 saturated carbocycles. The van der Waals surface area contributed by atoms with Crippen molar-refractivity contribution in [2.75, 3.05) is 5.75 Å². The summed E-state index contributed by atoms with van der Waals surface area (Å²) in [6.45, 7) is 1.88. The molecule has 0 aliphatic heterocycles. The summed E-state index contributed by atoms with van der Waals surface area (Å²) in [5, 5.41) is 5.35. The standard InChI is InChI=1S/C8H10N2O2S2/c1-6(11)14-5-7(12)10-4-8-9-2-3-13-8/h2-3H,4-5H2,1H3,(H,10,12). The number of nitrogens with zero attached hydrogens (tertiary/aromatic N) is 1. The van der Waals surface area contributed by atoms with Gasteiger partial charge in [0.05, 0.1) is 12.3 Å². The Hall–Kier alpha value is -0.880. The van der Waals surface area contributed by atoms with Crippen LogP contribution in [0.5, 0.6) is 0 Å². The first-order chi connectivity index (χ1) is 6.68. The van der Waals surface area contributed by atoms with E-state index in [9.17, 15) is 9.59 Å². The zero-order chi connectivity index (χ0) is 10.4. The molecule has 0 unspecified atom stereocenters. The normalized spacial score (nSPS) is 9.79. The number of nitrogens with one attached hydrogen (secondary N) is 1. The molecule has 0 saturated heterocycles. The molecule has 0 bridgehead atoms. The number of aromatic nitrogens is 1. The number of amides is 1. The molecule has 0 aliphatic rings. The summed E-state index contributed by atoms with van der Waals surface area (Å²) >= 11 is 2.50. The molecule has 0 spiro atoms. The molecule has 0 aromatic carbocycles. The Bertz CT molecular complexity index is 311. The van der Waals surface area contributed by atoms with Crippen LogP contribution in [0.4, 0.5) is 0 Å². The summed E-state index contributed by atoms with van der Waals surface area (Å²) < 4.78 is 0. The fourth-order valence-corrected chi connectivity index (χ4v) is 1.73. The van der Waals surface area contributed by atoms with Crippen molar-refractivity contribution in [3.8, 4) is 0 Å². The summed E-state index contributed by atoms with van der Waals surface area (Å²) in [7, 11) is 0. The lowest BCUT2D eigenvalue weighted by Gasteiger charge is -2.00. The SMILES string of the molecule is CC(=O)SCC(=O)NCc1nccs1. The van der Waals surface area contributed by atoms with Gasteiger partial charge in [-0.3, -0.25) is 9.59 Å². The molecule has 1 rings (SSSR count). The molecule has 0 radical (unpaired) electrons. The molecule has 6 heteroatoms. The summed E-state index contributed by atoms with van der Waals surface area (Å²) in [5.74, 6) is 0.0427. The number of rotatable bonds is 4. The summed E-state index contributed by atoms with van der Waals surface area (Å²) in [5.41, 5.74) is 0.